The van der Waals surface area contributed by atoms with Crippen molar-refractivity contribution in [2.45, 2.75) is 39.3 Å². The molecular formula is C16H27N3O2. The quantitative estimate of drug-likeness (QED) is 0.590. The molecule has 0 radical (unpaired) electrons. The van der Waals surface area contributed by atoms with E-state index in [1.807, 2.05) is 6.07 Å². The number of nitrogens with zero attached hydrogens (tertiary/aromatic N) is 2. The molecule has 0 bridgehead atoms. The summed E-state index contributed by atoms with van der Waals surface area (Å²) in [6.07, 6.45) is 1.08. The molecule has 0 saturated carbocycles. The zero-order valence-electron chi connectivity index (χ0n) is 13.7. The van der Waals surface area contributed by atoms with E-state index in [2.05, 4.69) is 45.1 Å². The number of nitrogens with one attached hydrogen (secondary N) is 1. The number of hydrogen-bond acceptors (Lipinski definition) is 4. The van der Waals surface area contributed by atoms with Gasteiger partial charge in [-0.2, -0.15) is 0 Å². The van der Waals surface area contributed by atoms with Crippen molar-refractivity contribution in [3.05, 3.63) is 39.9 Å². The molecule has 0 aromatic heterocycles. The van der Waals surface area contributed by atoms with Crippen molar-refractivity contribution in [3.63, 3.8) is 0 Å². The number of benzene rings is 1. The first-order valence-corrected chi connectivity index (χ1v) is 7.44. The van der Waals surface area contributed by atoms with E-state index >= 15 is 0 Å². The minimum atomic E-state index is -0.346. The van der Waals surface area contributed by atoms with E-state index in [1.165, 1.54) is 6.07 Å². The van der Waals surface area contributed by atoms with Crippen molar-refractivity contribution in [2.24, 2.45) is 5.92 Å². The van der Waals surface area contributed by atoms with Gasteiger partial charge in [-0.05, 0) is 38.9 Å². The van der Waals surface area contributed by atoms with E-state index < -0.39 is 0 Å². The van der Waals surface area contributed by atoms with Gasteiger partial charge >= 0.3 is 0 Å². The molecular weight excluding hydrogens is 266 g/mol. The van der Waals surface area contributed by atoms with Gasteiger partial charge in [0.15, 0.2) is 0 Å². The topological polar surface area (TPSA) is 58.4 Å². The molecule has 5 nitrogen and oxygen atoms in total. The summed E-state index contributed by atoms with van der Waals surface area (Å²) in [6.45, 7) is 7.43. The molecule has 0 fully saturated rings. The maximum Gasteiger partial charge on any atom is 0.269 e. The lowest BCUT2D eigenvalue weighted by Gasteiger charge is -2.27. The van der Waals surface area contributed by atoms with Crippen molar-refractivity contribution in [2.75, 3.05) is 20.6 Å². The molecule has 0 aliphatic rings. The predicted molar refractivity (Wildman–Crippen MR) is 86.4 cm³/mol. The van der Waals surface area contributed by atoms with Gasteiger partial charge in [0, 0.05) is 30.8 Å². The monoisotopic (exact) mass is 293 g/mol. The zero-order valence-corrected chi connectivity index (χ0v) is 13.7. The molecule has 2 unspecified atom stereocenters. The molecule has 1 rings (SSSR count). The van der Waals surface area contributed by atoms with E-state index in [0.717, 1.165) is 18.5 Å². The lowest BCUT2D eigenvalue weighted by molar-refractivity contribution is -0.384. The highest BCUT2D eigenvalue weighted by Crippen LogP contribution is 2.20. The molecule has 21 heavy (non-hydrogen) atoms. The highest BCUT2D eigenvalue weighted by atomic mass is 16.6. The fraction of sp³-hybridized carbons (Fsp3) is 0.625. The Morgan fingerprint density at radius 2 is 1.95 bits per heavy atom. The van der Waals surface area contributed by atoms with Gasteiger partial charge in [0.2, 0.25) is 0 Å². The van der Waals surface area contributed by atoms with Gasteiger partial charge < -0.3 is 10.2 Å². The van der Waals surface area contributed by atoms with Crippen molar-refractivity contribution in [3.8, 4) is 0 Å². The smallest absolute Gasteiger partial charge is 0.269 e. The minimum absolute atomic E-state index is 0.0913. The first-order valence-electron chi connectivity index (χ1n) is 7.44. The van der Waals surface area contributed by atoms with Crippen LogP contribution in [0.5, 0.6) is 0 Å². The van der Waals surface area contributed by atoms with Crippen LogP contribution in [-0.2, 0) is 0 Å². The Kier molecular flexibility index (Phi) is 6.78. The standard InChI is InChI=1S/C16H27N3O2/c1-12(2)9-15(11-18(4)5)17-13(3)14-7-6-8-16(10-14)19(20)21/h6-8,10,12-13,15,17H,9,11H2,1-5H3. The van der Waals surface area contributed by atoms with Crippen LogP contribution in [-0.4, -0.2) is 36.5 Å². The van der Waals surface area contributed by atoms with Crippen LogP contribution in [0.3, 0.4) is 0 Å². The van der Waals surface area contributed by atoms with Crippen LogP contribution >= 0.6 is 0 Å². The van der Waals surface area contributed by atoms with Gasteiger partial charge in [-0.15, -0.1) is 0 Å². The second kappa shape index (κ2) is 8.10. The van der Waals surface area contributed by atoms with Crippen LogP contribution in [0.15, 0.2) is 24.3 Å². The molecule has 1 aromatic carbocycles. The highest BCUT2D eigenvalue weighted by Gasteiger charge is 2.17. The van der Waals surface area contributed by atoms with E-state index in [1.54, 1.807) is 12.1 Å². The molecule has 1 N–H and O–H groups in total. The third-order valence-corrected chi connectivity index (χ3v) is 3.41. The molecule has 0 aliphatic carbocycles. The first-order chi connectivity index (χ1) is 9.79. The summed E-state index contributed by atoms with van der Waals surface area (Å²) >= 11 is 0. The third-order valence-electron chi connectivity index (χ3n) is 3.41. The number of rotatable bonds is 8. The average Bonchev–Trinajstić information content (AvgIpc) is 2.37. The Morgan fingerprint density at radius 3 is 2.48 bits per heavy atom. The Morgan fingerprint density at radius 1 is 1.29 bits per heavy atom. The van der Waals surface area contributed by atoms with E-state index in [9.17, 15) is 10.1 Å². The number of hydrogen-bond donors (Lipinski definition) is 1. The minimum Gasteiger partial charge on any atom is -0.308 e. The number of non-ortho nitro benzene ring substituents is 1. The predicted octanol–water partition coefficient (Wildman–Crippen LogP) is 3.22. The van der Waals surface area contributed by atoms with E-state index in [0.29, 0.717) is 12.0 Å². The Balaban J connectivity index is 2.78. The number of nitro groups is 1. The Bertz CT molecular complexity index is 451. The van der Waals surface area contributed by atoms with Gasteiger partial charge in [0.05, 0.1) is 4.92 Å². The highest BCUT2D eigenvalue weighted by molar-refractivity contribution is 5.35. The fourth-order valence-electron chi connectivity index (χ4n) is 2.56. The van der Waals surface area contributed by atoms with Gasteiger partial charge in [0.1, 0.15) is 0 Å². The van der Waals surface area contributed by atoms with Crippen LogP contribution < -0.4 is 5.32 Å². The third kappa shape index (κ3) is 6.23. The van der Waals surface area contributed by atoms with E-state index in [4.69, 9.17) is 0 Å². The molecule has 1 aromatic rings. The zero-order chi connectivity index (χ0) is 16.0. The molecule has 0 amide bonds. The fourth-order valence-corrected chi connectivity index (χ4v) is 2.56. The van der Waals surface area contributed by atoms with Crippen molar-refractivity contribution < 1.29 is 4.92 Å². The largest absolute Gasteiger partial charge is 0.308 e. The number of nitro benzene ring substituents is 1. The SMILES string of the molecule is CC(C)CC(CN(C)C)NC(C)c1cccc([N+](=O)[O-])c1. The Labute approximate surface area is 127 Å². The van der Waals surface area contributed by atoms with Crippen LogP contribution in [0, 0.1) is 16.0 Å². The molecule has 2 atom stereocenters. The van der Waals surface area contributed by atoms with Crippen molar-refractivity contribution in [1.29, 1.82) is 0 Å². The first kappa shape index (κ1) is 17.6. The Hall–Kier alpha value is -1.46. The van der Waals surface area contributed by atoms with Crippen LogP contribution in [0.1, 0.15) is 38.8 Å². The van der Waals surface area contributed by atoms with Crippen LogP contribution in [0.2, 0.25) is 0 Å². The van der Waals surface area contributed by atoms with Gasteiger partial charge in [-0.1, -0.05) is 26.0 Å². The maximum atomic E-state index is 10.9. The van der Waals surface area contributed by atoms with Crippen molar-refractivity contribution >= 4 is 5.69 Å². The normalized spacial score (nSPS) is 14.4. The summed E-state index contributed by atoms with van der Waals surface area (Å²) in [6, 6.07) is 7.33. The second-order valence-corrected chi connectivity index (χ2v) is 6.33. The average molecular weight is 293 g/mol. The van der Waals surface area contributed by atoms with Crippen LogP contribution in [0.4, 0.5) is 5.69 Å². The van der Waals surface area contributed by atoms with Crippen molar-refractivity contribution in [1.82, 2.24) is 10.2 Å². The van der Waals surface area contributed by atoms with Gasteiger partial charge in [-0.3, -0.25) is 10.1 Å². The molecule has 0 saturated heterocycles. The summed E-state index contributed by atoms with van der Waals surface area (Å²) in [5, 5.41) is 14.5. The van der Waals surface area contributed by atoms with E-state index in [-0.39, 0.29) is 16.7 Å². The summed E-state index contributed by atoms with van der Waals surface area (Å²) < 4.78 is 0. The lowest BCUT2D eigenvalue weighted by Crippen LogP contribution is -2.40. The summed E-state index contributed by atoms with van der Waals surface area (Å²) in [5.74, 6) is 0.611. The number of likely N-dealkylation sites (N-methyl/N-ethyl adjacent to an activating group) is 1. The van der Waals surface area contributed by atoms with Gasteiger partial charge in [0.25, 0.3) is 5.69 Å². The van der Waals surface area contributed by atoms with Crippen LogP contribution in [0.25, 0.3) is 0 Å². The second-order valence-electron chi connectivity index (χ2n) is 6.33. The summed E-state index contributed by atoms with van der Waals surface area (Å²) in [4.78, 5) is 12.7. The summed E-state index contributed by atoms with van der Waals surface area (Å²) in [7, 11) is 4.13. The molecule has 0 aliphatic heterocycles. The maximum absolute atomic E-state index is 10.9. The summed E-state index contributed by atoms with van der Waals surface area (Å²) in [5.41, 5.74) is 1.10. The molecule has 5 heteroatoms. The molecule has 0 spiro atoms. The molecule has 0 heterocycles. The lowest BCUT2D eigenvalue weighted by atomic mass is 10.0. The van der Waals surface area contributed by atoms with Gasteiger partial charge in [-0.25, -0.2) is 0 Å². The molecule has 118 valence electrons.